The van der Waals surface area contributed by atoms with Gasteiger partial charge in [0, 0.05) is 11.6 Å². The molecule has 4 nitrogen and oxygen atoms in total. The summed E-state index contributed by atoms with van der Waals surface area (Å²) in [4.78, 5) is 23.2. The van der Waals surface area contributed by atoms with Crippen molar-refractivity contribution in [3.63, 3.8) is 0 Å². The summed E-state index contributed by atoms with van der Waals surface area (Å²) in [6.07, 6.45) is 3.13. The molecule has 68 valence electrons. The summed E-state index contributed by atoms with van der Waals surface area (Å²) in [5, 5.41) is 0.943. The zero-order valence-electron chi connectivity index (χ0n) is 7.02. The van der Waals surface area contributed by atoms with Crippen LogP contribution in [0.3, 0.4) is 0 Å². The van der Waals surface area contributed by atoms with Crippen LogP contribution >= 0.6 is 11.3 Å². The van der Waals surface area contributed by atoms with Gasteiger partial charge in [0.25, 0.3) is 5.56 Å². The molecule has 3 rings (SSSR count). The maximum Gasteiger partial charge on any atom is 0.268 e. The number of nitrogens with one attached hydrogen (secondary N) is 1. The molecule has 0 fully saturated rings. The molecular weight excluding hydrogens is 198 g/mol. The molecule has 5 heteroatoms. The van der Waals surface area contributed by atoms with Crippen LogP contribution in [-0.4, -0.2) is 15.0 Å². The molecule has 0 aliphatic rings. The summed E-state index contributed by atoms with van der Waals surface area (Å²) in [6.45, 7) is 0. The van der Waals surface area contributed by atoms with Crippen molar-refractivity contribution in [2.75, 3.05) is 0 Å². The first-order valence-electron chi connectivity index (χ1n) is 4.07. The Kier molecular flexibility index (Phi) is 1.43. The van der Waals surface area contributed by atoms with Crippen LogP contribution < -0.4 is 5.56 Å². The van der Waals surface area contributed by atoms with Crippen LogP contribution in [0.1, 0.15) is 0 Å². The second-order valence-electron chi connectivity index (χ2n) is 2.87. The Morgan fingerprint density at radius 1 is 1.36 bits per heavy atom. The summed E-state index contributed by atoms with van der Waals surface area (Å²) in [5.41, 5.74) is 0.639. The second-order valence-corrected chi connectivity index (χ2v) is 3.87. The number of hydrogen-bond donors (Lipinski definition) is 1. The molecule has 0 radical (unpaired) electrons. The first-order valence-corrected chi connectivity index (χ1v) is 4.89. The van der Waals surface area contributed by atoms with E-state index in [1.54, 1.807) is 6.20 Å². The van der Waals surface area contributed by atoms with Gasteiger partial charge in [-0.25, -0.2) is 9.97 Å². The van der Waals surface area contributed by atoms with Gasteiger partial charge in [-0.3, -0.25) is 4.79 Å². The number of hydrogen-bond acceptors (Lipinski definition) is 4. The fraction of sp³-hybridized carbons (Fsp3) is 0. The molecular formula is C9H5N3OS. The van der Waals surface area contributed by atoms with Gasteiger partial charge in [0.15, 0.2) is 0 Å². The number of aromatic amines is 1. The highest BCUT2D eigenvalue weighted by atomic mass is 32.1. The largest absolute Gasteiger partial charge is 0.312 e. The third-order valence-corrected chi connectivity index (χ3v) is 3.14. The van der Waals surface area contributed by atoms with E-state index in [-0.39, 0.29) is 5.56 Å². The van der Waals surface area contributed by atoms with Crippen molar-refractivity contribution >= 4 is 31.8 Å². The smallest absolute Gasteiger partial charge is 0.268 e. The van der Waals surface area contributed by atoms with Crippen molar-refractivity contribution < 1.29 is 0 Å². The lowest BCUT2D eigenvalue weighted by molar-refractivity contribution is 1.18. The molecule has 3 aromatic rings. The van der Waals surface area contributed by atoms with Crippen LogP contribution in [0.5, 0.6) is 0 Å². The molecule has 0 spiro atoms. The van der Waals surface area contributed by atoms with Crippen molar-refractivity contribution in [3.05, 3.63) is 35.0 Å². The highest BCUT2D eigenvalue weighted by Crippen LogP contribution is 2.27. The van der Waals surface area contributed by atoms with Crippen molar-refractivity contribution in [2.24, 2.45) is 0 Å². The van der Waals surface area contributed by atoms with E-state index < -0.39 is 0 Å². The zero-order valence-corrected chi connectivity index (χ0v) is 7.84. The Balaban J connectivity index is 2.70. The average Bonchev–Trinajstić information content (AvgIpc) is 2.59. The monoisotopic (exact) mass is 203 g/mol. The number of fused-ring (bicyclic) bond motifs is 3. The standard InChI is InChI=1S/C9H5N3OS/c13-8-7-6(11-4-12-8)5-2-1-3-10-9(5)14-7/h1-4H,(H,11,12,13). The van der Waals surface area contributed by atoms with Crippen LogP contribution in [0.2, 0.25) is 0 Å². The number of aromatic nitrogens is 3. The van der Waals surface area contributed by atoms with Gasteiger partial charge in [-0.2, -0.15) is 0 Å². The number of rotatable bonds is 0. The normalized spacial score (nSPS) is 11.1. The SMILES string of the molecule is O=c1[nH]cnc2c1sc1ncccc12. The van der Waals surface area contributed by atoms with Crippen molar-refractivity contribution in [3.8, 4) is 0 Å². The van der Waals surface area contributed by atoms with Gasteiger partial charge in [-0.15, -0.1) is 11.3 Å². The van der Waals surface area contributed by atoms with Gasteiger partial charge in [0.05, 0.1) is 11.8 Å². The van der Waals surface area contributed by atoms with Gasteiger partial charge in [0.2, 0.25) is 0 Å². The zero-order chi connectivity index (χ0) is 9.54. The minimum Gasteiger partial charge on any atom is -0.312 e. The van der Waals surface area contributed by atoms with Crippen LogP contribution in [-0.2, 0) is 0 Å². The van der Waals surface area contributed by atoms with Crippen molar-refractivity contribution in [2.45, 2.75) is 0 Å². The topological polar surface area (TPSA) is 58.6 Å². The lowest BCUT2D eigenvalue weighted by Crippen LogP contribution is -2.03. The van der Waals surface area contributed by atoms with Crippen molar-refractivity contribution in [1.29, 1.82) is 0 Å². The van der Waals surface area contributed by atoms with E-state index in [2.05, 4.69) is 15.0 Å². The number of pyridine rings is 1. The summed E-state index contributed by atoms with van der Waals surface area (Å²) in [7, 11) is 0. The minimum absolute atomic E-state index is 0.0991. The Labute approximate surface area is 82.3 Å². The van der Waals surface area contributed by atoms with E-state index in [4.69, 9.17) is 0 Å². The fourth-order valence-corrected chi connectivity index (χ4v) is 2.42. The van der Waals surface area contributed by atoms with Gasteiger partial charge < -0.3 is 4.98 Å². The van der Waals surface area contributed by atoms with Gasteiger partial charge in [-0.1, -0.05) is 0 Å². The van der Waals surface area contributed by atoms with E-state index in [1.807, 2.05) is 12.1 Å². The molecule has 14 heavy (non-hydrogen) atoms. The third-order valence-electron chi connectivity index (χ3n) is 2.04. The second kappa shape index (κ2) is 2.62. The maximum absolute atomic E-state index is 11.4. The molecule has 3 heterocycles. The Morgan fingerprint density at radius 3 is 3.21 bits per heavy atom. The van der Waals surface area contributed by atoms with E-state index in [0.717, 1.165) is 15.7 Å². The molecule has 0 aliphatic carbocycles. The summed E-state index contributed by atoms with van der Waals surface area (Å²) in [6, 6.07) is 3.77. The molecule has 0 atom stereocenters. The Bertz CT molecular complexity index is 670. The Morgan fingerprint density at radius 2 is 2.29 bits per heavy atom. The van der Waals surface area contributed by atoms with E-state index in [9.17, 15) is 4.79 Å². The summed E-state index contributed by atoms with van der Waals surface area (Å²) >= 11 is 1.37. The van der Waals surface area contributed by atoms with Crippen LogP contribution in [0.15, 0.2) is 29.5 Å². The summed E-state index contributed by atoms with van der Waals surface area (Å²) < 4.78 is 0.640. The quantitative estimate of drug-likeness (QED) is 0.602. The highest BCUT2D eigenvalue weighted by Gasteiger charge is 2.08. The first-order chi connectivity index (χ1) is 6.86. The molecule has 3 aromatic heterocycles. The number of H-pyrrole nitrogens is 1. The molecule has 0 saturated carbocycles. The molecule has 0 aromatic carbocycles. The molecule has 0 unspecified atom stereocenters. The number of nitrogens with zero attached hydrogens (tertiary/aromatic N) is 2. The highest BCUT2D eigenvalue weighted by molar-refractivity contribution is 7.25. The maximum atomic E-state index is 11.4. The third kappa shape index (κ3) is 0.898. The lowest BCUT2D eigenvalue weighted by atomic mass is 10.3. The fourth-order valence-electron chi connectivity index (χ4n) is 1.42. The van der Waals surface area contributed by atoms with Gasteiger partial charge in [0.1, 0.15) is 9.53 Å². The Hall–Kier alpha value is -1.75. The molecule has 1 N–H and O–H groups in total. The van der Waals surface area contributed by atoms with Crippen LogP contribution in [0, 0.1) is 0 Å². The molecule has 0 bridgehead atoms. The van der Waals surface area contributed by atoms with E-state index in [1.165, 1.54) is 17.7 Å². The van der Waals surface area contributed by atoms with Crippen LogP contribution in [0.25, 0.3) is 20.4 Å². The predicted molar refractivity (Wildman–Crippen MR) is 55.5 cm³/mol. The minimum atomic E-state index is -0.0991. The molecule has 0 aliphatic heterocycles. The van der Waals surface area contributed by atoms with E-state index in [0.29, 0.717) is 4.70 Å². The predicted octanol–water partition coefficient (Wildman–Crippen LogP) is 1.53. The average molecular weight is 203 g/mol. The molecule has 0 saturated heterocycles. The molecule has 0 amide bonds. The van der Waals surface area contributed by atoms with Gasteiger partial charge in [-0.05, 0) is 12.1 Å². The summed E-state index contributed by atoms with van der Waals surface area (Å²) in [5.74, 6) is 0. The van der Waals surface area contributed by atoms with E-state index >= 15 is 0 Å². The van der Waals surface area contributed by atoms with Crippen LogP contribution in [0.4, 0.5) is 0 Å². The number of thiophene rings is 1. The van der Waals surface area contributed by atoms with Crippen molar-refractivity contribution in [1.82, 2.24) is 15.0 Å². The lowest BCUT2D eigenvalue weighted by Gasteiger charge is -1.86. The van der Waals surface area contributed by atoms with Gasteiger partial charge >= 0.3 is 0 Å². The first kappa shape index (κ1) is 7.64.